The van der Waals surface area contributed by atoms with Gasteiger partial charge in [0.25, 0.3) is 0 Å². The maximum atomic E-state index is 12.8. The zero-order chi connectivity index (χ0) is 23.2. The fourth-order valence-corrected chi connectivity index (χ4v) is 3.33. The quantitative estimate of drug-likeness (QED) is 0.253. The van der Waals surface area contributed by atoms with E-state index in [4.69, 9.17) is 18.6 Å². The second kappa shape index (κ2) is 10.4. The van der Waals surface area contributed by atoms with Crippen LogP contribution in [0.15, 0.2) is 86.7 Å². The second-order valence-corrected chi connectivity index (χ2v) is 8.18. The number of carbonyl (C=O) groups excluding carboxylic acids is 1. The summed E-state index contributed by atoms with van der Waals surface area (Å²) < 4.78 is 23.2. The SMILES string of the molecule is CCCOC(=O)c1ccc(Oc2coc3cc(OCc4ccc(Br)cc4)ccc3c2=O)cc1. The van der Waals surface area contributed by atoms with Gasteiger partial charge in [0, 0.05) is 10.5 Å². The van der Waals surface area contributed by atoms with Crippen molar-refractivity contribution >= 4 is 32.9 Å². The molecular weight excluding hydrogens is 488 g/mol. The highest BCUT2D eigenvalue weighted by Crippen LogP contribution is 2.25. The summed E-state index contributed by atoms with van der Waals surface area (Å²) >= 11 is 3.41. The van der Waals surface area contributed by atoms with Crippen LogP contribution >= 0.6 is 15.9 Å². The Hall–Kier alpha value is -3.58. The summed E-state index contributed by atoms with van der Waals surface area (Å²) in [4.78, 5) is 24.7. The molecule has 33 heavy (non-hydrogen) atoms. The van der Waals surface area contributed by atoms with E-state index < -0.39 is 5.97 Å². The molecule has 4 rings (SSSR count). The average molecular weight is 509 g/mol. The number of rotatable bonds is 8. The lowest BCUT2D eigenvalue weighted by molar-refractivity contribution is 0.0505. The van der Waals surface area contributed by atoms with E-state index in [1.807, 2.05) is 31.2 Å². The van der Waals surface area contributed by atoms with Gasteiger partial charge in [-0.15, -0.1) is 0 Å². The second-order valence-electron chi connectivity index (χ2n) is 7.26. The van der Waals surface area contributed by atoms with Gasteiger partial charge in [-0.05, 0) is 60.5 Å². The van der Waals surface area contributed by atoms with Gasteiger partial charge in [0.1, 0.15) is 30.0 Å². The van der Waals surface area contributed by atoms with Gasteiger partial charge in [0.15, 0.2) is 0 Å². The minimum Gasteiger partial charge on any atom is -0.489 e. The summed E-state index contributed by atoms with van der Waals surface area (Å²) in [6.45, 7) is 2.69. The van der Waals surface area contributed by atoms with Crippen molar-refractivity contribution in [1.82, 2.24) is 0 Å². The number of carbonyl (C=O) groups is 1. The highest BCUT2D eigenvalue weighted by atomic mass is 79.9. The van der Waals surface area contributed by atoms with Crippen LogP contribution in [-0.4, -0.2) is 12.6 Å². The van der Waals surface area contributed by atoms with Crippen LogP contribution < -0.4 is 14.9 Å². The maximum Gasteiger partial charge on any atom is 0.338 e. The van der Waals surface area contributed by atoms with E-state index in [0.29, 0.717) is 41.2 Å². The number of hydrogen-bond acceptors (Lipinski definition) is 6. The van der Waals surface area contributed by atoms with Gasteiger partial charge in [-0.3, -0.25) is 4.79 Å². The Morgan fingerprint density at radius 3 is 2.42 bits per heavy atom. The molecule has 4 aromatic rings. The van der Waals surface area contributed by atoms with Crippen LogP contribution in [0.4, 0.5) is 0 Å². The standard InChI is InChI=1S/C26H21BrO6/c1-2-13-30-26(29)18-5-9-20(10-6-18)33-24-16-32-23-14-21(11-12-22(23)25(24)28)31-15-17-3-7-19(27)8-4-17/h3-12,14,16H,2,13,15H2,1H3. The Kier molecular flexibility index (Phi) is 7.10. The monoisotopic (exact) mass is 508 g/mol. The van der Waals surface area contributed by atoms with Crippen LogP contribution in [0.1, 0.15) is 29.3 Å². The molecule has 0 fully saturated rings. The topological polar surface area (TPSA) is 75.0 Å². The fourth-order valence-electron chi connectivity index (χ4n) is 3.06. The molecule has 0 unspecified atom stereocenters. The van der Waals surface area contributed by atoms with Gasteiger partial charge < -0.3 is 18.6 Å². The number of halogens is 1. The molecule has 7 heteroatoms. The summed E-state index contributed by atoms with van der Waals surface area (Å²) in [6, 6.07) is 19.3. The number of benzene rings is 3. The van der Waals surface area contributed by atoms with Crippen molar-refractivity contribution < 1.29 is 23.4 Å². The van der Waals surface area contributed by atoms with Gasteiger partial charge in [0.05, 0.1) is 17.6 Å². The lowest BCUT2D eigenvalue weighted by Crippen LogP contribution is -2.06. The first-order valence-corrected chi connectivity index (χ1v) is 11.2. The first-order chi connectivity index (χ1) is 16.0. The molecule has 0 saturated heterocycles. The predicted octanol–water partition coefficient (Wildman–Crippen LogP) is 6.49. The number of ether oxygens (including phenoxy) is 3. The van der Waals surface area contributed by atoms with E-state index in [0.717, 1.165) is 16.5 Å². The number of fused-ring (bicyclic) bond motifs is 1. The summed E-state index contributed by atoms with van der Waals surface area (Å²) in [6.07, 6.45) is 2.02. The van der Waals surface area contributed by atoms with Crippen LogP contribution in [0.2, 0.25) is 0 Å². The van der Waals surface area contributed by atoms with Crippen molar-refractivity contribution in [1.29, 1.82) is 0 Å². The summed E-state index contributed by atoms with van der Waals surface area (Å²) in [7, 11) is 0. The van der Waals surface area contributed by atoms with E-state index in [2.05, 4.69) is 15.9 Å². The summed E-state index contributed by atoms with van der Waals surface area (Å²) in [5.74, 6) is 0.648. The molecule has 0 atom stereocenters. The van der Waals surface area contributed by atoms with Gasteiger partial charge in [-0.25, -0.2) is 4.79 Å². The molecule has 1 aromatic heterocycles. The van der Waals surface area contributed by atoms with Crippen molar-refractivity contribution in [3.63, 3.8) is 0 Å². The minimum absolute atomic E-state index is 0.0485. The smallest absolute Gasteiger partial charge is 0.338 e. The van der Waals surface area contributed by atoms with Crippen LogP contribution in [0.25, 0.3) is 11.0 Å². The first kappa shape index (κ1) is 22.6. The molecule has 0 amide bonds. The van der Waals surface area contributed by atoms with Crippen LogP contribution in [0, 0.1) is 0 Å². The van der Waals surface area contributed by atoms with E-state index in [-0.39, 0.29) is 11.2 Å². The third-order valence-corrected chi connectivity index (χ3v) is 5.32. The molecule has 0 radical (unpaired) electrons. The van der Waals surface area contributed by atoms with Gasteiger partial charge >= 0.3 is 5.97 Å². The van der Waals surface area contributed by atoms with Crippen LogP contribution in [-0.2, 0) is 11.3 Å². The van der Waals surface area contributed by atoms with Crippen molar-refractivity contribution in [2.45, 2.75) is 20.0 Å². The van der Waals surface area contributed by atoms with Gasteiger partial charge in [-0.2, -0.15) is 0 Å². The molecule has 0 aliphatic carbocycles. The highest BCUT2D eigenvalue weighted by molar-refractivity contribution is 9.10. The minimum atomic E-state index is -0.397. The molecule has 0 bridgehead atoms. The Bertz CT molecular complexity index is 1310. The molecule has 0 N–H and O–H groups in total. The summed E-state index contributed by atoms with van der Waals surface area (Å²) in [5, 5.41) is 0.378. The van der Waals surface area contributed by atoms with Crippen molar-refractivity contribution in [2.24, 2.45) is 0 Å². The summed E-state index contributed by atoms with van der Waals surface area (Å²) in [5.41, 5.74) is 1.53. The molecule has 168 valence electrons. The third-order valence-electron chi connectivity index (χ3n) is 4.79. The average Bonchev–Trinajstić information content (AvgIpc) is 2.84. The van der Waals surface area contributed by atoms with Gasteiger partial charge in [-0.1, -0.05) is 35.0 Å². The molecule has 6 nitrogen and oxygen atoms in total. The largest absolute Gasteiger partial charge is 0.489 e. The van der Waals surface area contributed by atoms with Gasteiger partial charge in [0.2, 0.25) is 11.2 Å². The fraction of sp³-hybridized carbons (Fsp3) is 0.154. The highest BCUT2D eigenvalue weighted by Gasteiger charge is 2.12. The van der Waals surface area contributed by atoms with E-state index in [9.17, 15) is 9.59 Å². The Morgan fingerprint density at radius 1 is 0.970 bits per heavy atom. The Morgan fingerprint density at radius 2 is 1.70 bits per heavy atom. The molecule has 0 aliphatic rings. The zero-order valence-corrected chi connectivity index (χ0v) is 19.5. The molecule has 0 aliphatic heterocycles. The third kappa shape index (κ3) is 5.62. The van der Waals surface area contributed by atoms with E-state index in [1.54, 1.807) is 42.5 Å². The zero-order valence-electron chi connectivity index (χ0n) is 17.9. The van der Waals surface area contributed by atoms with Crippen molar-refractivity contribution in [2.75, 3.05) is 6.61 Å². The molecule has 0 saturated carbocycles. The predicted molar refractivity (Wildman–Crippen MR) is 128 cm³/mol. The molecule has 1 heterocycles. The maximum absolute atomic E-state index is 12.8. The Balaban J connectivity index is 1.46. The van der Waals surface area contributed by atoms with E-state index in [1.165, 1.54) is 6.26 Å². The van der Waals surface area contributed by atoms with Crippen molar-refractivity contribution in [3.05, 3.63) is 98.8 Å². The van der Waals surface area contributed by atoms with Crippen LogP contribution in [0.3, 0.4) is 0 Å². The molecule has 3 aromatic carbocycles. The molecule has 0 spiro atoms. The lowest BCUT2D eigenvalue weighted by Gasteiger charge is -2.09. The number of esters is 1. The Labute approximate surface area is 198 Å². The first-order valence-electron chi connectivity index (χ1n) is 10.4. The van der Waals surface area contributed by atoms with E-state index >= 15 is 0 Å². The normalized spacial score (nSPS) is 10.7. The van der Waals surface area contributed by atoms with Crippen molar-refractivity contribution in [3.8, 4) is 17.2 Å². The van der Waals surface area contributed by atoms with Crippen LogP contribution in [0.5, 0.6) is 17.2 Å². The number of hydrogen-bond donors (Lipinski definition) is 0. The lowest BCUT2D eigenvalue weighted by atomic mass is 10.2. The molecular formula is C26H21BrO6.